The van der Waals surface area contributed by atoms with Gasteiger partial charge in [-0.25, -0.2) is 4.98 Å². The van der Waals surface area contributed by atoms with Crippen molar-refractivity contribution in [3.63, 3.8) is 0 Å². The Bertz CT molecular complexity index is 1240. The van der Waals surface area contributed by atoms with Crippen molar-refractivity contribution in [3.05, 3.63) is 45.0 Å². The van der Waals surface area contributed by atoms with Gasteiger partial charge in [-0.3, -0.25) is 9.36 Å². The number of hydrogen-bond donors (Lipinski definition) is 4. The van der Waals surface area contributed by atoms with Crippen molar-refractivity contribution in [3.8, 4) is 6.07 Å². The van der Waals surface area contributed by atoms with Crippen LogP contribution in [0.15, 0.2) is 23.0 Å². The molecule has 0 radical (unpaired) electrons. The van der Waals surface area contributed by atoms with Gasteiger partial charge in [0.25, 0.3) is 5.56 Å². The minimum absolute atomic E-state index is 0.0163. The number of halogens is 1. The summed E-state index contributed by atoms with van der Waals surface area (Å²) in [6.07, 6.45) is 0.964. The fourth-order valence-corrected chi connectivity index (χ4v) is 4.11. The lowest BCUT2D eigenvalue weighted by atomic mass is 10.1. The summed E-state index contributed by atoms with van der Waals surface area (Å²) in [6, 6.07) is 6.69. The second kappa shape index (κ2) is 8.37. The van der Waals surface area contributed by atoms with Crippen LogP contribution in [0.5, 0.6) is 0 Å². The zero-order valence-electron chi connectivity index (χ0n) is 16.9. The Morgan fingerprint density at radius 1 is 1.39 bits per heavy atom. The number of nitrogens with zero attached hydrogens (tertiary/aromatic N) is 5. The second-order valence-corrected chi connectivity index (χ2v) is 7.95. The van der Waals surface area contributed by atoms with E-state index in [9.17, 15) is 10.1 Å². The van der Waals surface area contributed by atoms with Gasteiger partial charge < -0.3 is 22.1 Å². The number of rotatable bonds is 5. The summed E-state index contributed by atoms with van der Waals surface area (Å²) in [4.78, 5) is 26.1. The van der Waals surface area contributed by atoms with E-state index in [-0.39, 0.29) is 28.7 Å². The van der Waals surface area contributed by atoms with Crippen LogP contribution in [0.2, 0.25) is 5.02 Å². The minimum Gasteiger partial charge on any atom is -0.382 e. The number of anilines is 3. The van der Waals surface area contributed by atoms with Gasteiger partial charge in [0.15, 0.2) is 5.82 Å². The summed E-state index contributed by atoms with van der Waals surface area (Å²) in [7, 11) is 0. The van der Waals surface area contributed by atoms with Crippen LogP contribution >= 0.6 is 11.6 Å². The van der Waals surface area contributed by atoms with Crippen LogP contribution < -0.4 is 27.7 Å². The third-order valence-electron chi connectivity index (χ3n) is 5.37. The van der Waals surface area contributed by atoms with Crippen molar-refractivity contribution < 1.29 is 0 Å². The number of nitrogens with two attached hydrogens (primary N) is 2. The van der Waals surface area contributed by atoms with Crippen LogP contribution in [0.3, 0.4) is 0 Å². The maximum Gasteiger partial charge on any atom is 0.262 e. The largest absolute Gasteiger partial charge is 0.382 e. The monoisotopic (exact) mass is 439 g/mol. The molecule has 10 nitrogen and oxygen atoms in total. The summed E-state index contributed by atoms with van der Waals surface area (Å²) in [5.74, 6) is 0.919. The molecule has 6 N–H and O–H groups in total. The average molecular weight is 440 g/mol. The van der Waals surface area contributed by atoms with Gasteiger partial charge >= 0.3 is 0 Å². The third kappa shape index (κ3) is 3.97. The van der Waals surface area contributed by atoms with E-state index >= 15 is 0 Å². The molecule has 1 aliphatic heterocycles. The summed E-state index contributed by atoms with van der Waals surface area (Å²) in [5.41, 5.74) is 11.9. The van der Waals surface area contributed by atoms with E-state index in [1.54, 1.807) is 22.8 Å². The molecule has 1 unspecified atom stereocenters. The first-order valence-corrected chi connectivity index (χ1v) is 10.3. The first kappa shape index (κ1) is 20.8. The molecule has 160 valence electrons. The van der Waals surface area contributed by atoms with E-state index in [4.69, 9.17) is 28.1 Å². The van der Waals surface area contributed by atoms with Gasteiger partial charge in [0.05, 0.1) is 22.0 Å². The predicted octanol–water partition coefficient (Wildman–Crippen LogP) is 1.66. The van der Waals surface area contributed by atoms with Crippen LogP contribution in [-0.4, -0.2) is 32.6 Å². The topological polar surface area (TPSA) is 161 Å². The molecule has 0 saturated carbocycles. The number of benzene rings is 1. The van der Waals surface area contributed by atoms with E-state index in [1.165, 1.54) is 0 Å². The molecule has 11 heteroatoms. The van der Waals surface area contributed by atoms with Gasteiger partial charge in [-0.2, -0.15) is 15.2 Å². The quantitative estimate of drug-likeness (QED) is 0.463. The summed E-state index contributed by atoms with van der Waals surface area (Å²) in [5, 5.41) is 16.6. The first-order chi connectivity index (χ1) is 14.9. The Balaban J connectivity index is 1.82. The zero-order valence-corrected chi connectivity index (χ0v) is 17.6. The molecule has 1 aromatic carbocycles. The molecular weight excluding hydrogens is 418 g/mol. The van der Waals surface area contributed by atoms with Gasteiger partial charge in [-0.1, -0.05) is 17.7 Å². The van der Waals surface area contributed by atoms with Gasteiger partial charge in [-0.15, -0.1) is 0 Å². The summed E-state index contributed by atoms with van der Waals surface area (Å²) in [6.45, 7) is 4.07. The average Bonchev–Trinajstić information content (AvgIpc) is 3.22. The predicted molar refractivity (Wildman–Crippen MR) is 120 cm³/mol. The number of nitrogen functional groups attached to an aromatic ring is 2. The van der Waals surface area contributed by atoms with Gasteiger partial charge in [0.1, 0.15) is 23.3 Å². The lowest BCUT2D eigenvalue weighted by Crippen LogP contribution is -2.32. The molecule has 3 aromatic rings. The van der Waals surface area contributed by atoms with Crippen molar-refractivity contribution in [2.24, 2.45) is 5.92 Å². The van der Waals surface area contributed by atoms with Crippen LogP contribution in [0.25, 0.3) is 10.9 Å². The molecule has 0 aliphatic carbocycles. The van der Waals surface area contributed by atoms with Crippen molar-refractivity contribution in [2.75, 3.05) is 29.9 Å². The number of nitriles is 1. The molecule has 4 rings (SSSR count). The van der Waals surface area contributed by atoms with E-state index < -0.39 is 6.04 Å². The van der Waals surface area contributed by atoms with Crippen LogP contribution in [0.1, 0.15) is 30.8 Å². The van der Waals surface area contributed by atoms with E-state index in [0.717, 1.165) is 19.5 Å². The first-order valence-electron chi connectivity index (χ1n) is 9.88. The van der Waals surface area contributed by atoms with Gasteiger partial charge in [0.2, 0.25) is 5.95 Å². The molecule has 2 atom stereocenters. The Kier molecular flexibility index (Phi) is 5.63. The maximum atomic E-state index is 13.4. The van der Waals surface area contributed by atoms with E-state index in [1.807, 2.05) is 13.0 Å². The summed E-state index contributed by atoms with van der Waals surface area (Å²) >= 11 is 6.32. The smallest absolute Gasteiger partial charge is 0.262 e. The lowest BCUT2D eigenvalue weighted by molar-refractivity contribution is 0.450. The normalized spacial score (nSPS) is 16.9. The molecule has 1 aliphatic rings. The van der Waals surface area contributed by atoms with Crippen molar-refractivity contribution >= 4 is 40.1 Å². The number of aromatic nitrogens is 4. The maximum absolute atomic E-state index is 13.4. The number of nitrogens with one attached hydrogen (secondary N) is 2. The molecular formula is C20H22ClN9O. The van der Waals surface area contributed by atoms with Crippen molar-refractivity contribution in [2.45, 2.75) is 25.9 Å². The van der Waals surface area contributed by atoms with Crippen molar-refractivity contribution in [1.82, 2.24) is 24.8 Å². The van der Waals surface area contributed by atoms with Crippen molar-refractivity contribution in [1.29, 1.82) is 5.26 Å². The minimum atomic E-state index is -0.480. The summed E-state index contributed by atoms with van der Waals surface area (Å²) < 4.78 is 1.66. The number of hydrogen-bond acceptors (Lipinski definition) is 9. The fraction of sp³-hybridized carbons (Fsp3) is 0.350. The molecule has 0 amide bonds. The standard InChI is InChI=1S/C20H22ClN9O/c1-10(26-17-12(7-22)16(23)28-20(24)29-17)18-27-14-4-2-3-13(21)15(14)19(31)30(18)9-11-5-6-25-8-11/h2-4,10-11,25H,5-6,8-9H2,1H3,(H5,23,24,26,28,29)/t10-,11?/m0/s1. The molecule has 0 spiro atoms. The molecule has 2 aromatic heterocycles. The van der Waals surface area contributed by atoms with Gasteiger partial charge in [0, 0.05) is 6.54 Å². The molecule has 1 fully saturated rings. The Morgan fingerprint density at radius 3 is 2.90 bits per heavy atom. The SMILES string of the molecule is C[C@H](Nc1nc(N)nc(N)c1C#N)c1nc2cccc(Cl)c2c(=O)n1CC1CCNC1. The Morgan fingerprint density at radius 2 is 2.19 bits per heavy atom. The second-order valence-electron chi connectivity index (χ2n) is 7.55. The highest BCUT2D eigenvalue weighted by atomic mass is 35.5. The van der Waals surface area contributed by atoms with E-state index in [0.29, 0.717) is 34.2 Å². The molecule has 1 saturated heterocycles. The third-order valence-corrected chi connectivity index (χ3v) is 5.69. The van der Waals surface area contributed by atoms with Gasteiger partial charge in [-0.05, 0) is 44.5 Å². The Labute approximate surface area is 183 Å². The highest BCUT2D eigenvalue weighted by Crippen LogP contribution is 2.26. The zero-order chi connectivity index (χ0) is 22.1. The number of fused-ring (bicyclic) bond motifs is 1. The van der Waals surface area contributed by atoms with Crippen LogP contribution in [-0.2, 0) is 6.54 Å². The molecule has 31 heavy (non-hydrogen) atoms. The fourth-order valence-electron chi connectivity index (χ4n) is 3.86. The highest BCUT2D eigenvalue weighted by molar-refractivity contribution is 6.35. The highest BCUT2D eigenvalue weighted by Gasteiger charge is 2.24. The van der Waals surface area contributed by atoms with Crippen LogP contribution in [0, 0.1) is 17.2 Å². The lowest BCUT2D eigenvalue weighted by Gasteiger charge is -2.22. The van der Waals surface area contributed by atoms with E-state index in [2.05, 4.69) is 20.6 Å². The molecule has 0 bridgehead atoms. The van der Waals surface area contributed by atoms with Crippen LogP contribution in [0.4, 0.5) is 17.6 Å². The Hall–Kier alpha value is -3.42. The molecule has 3 heterocycles.